The molecule has 23 heavy (non-hydrogen) atoms. The van der Waals surface area contributed by atoms with Gasteiger partial charge in [-0.3, -0.25) is 4.79 Å². The highest BCUT2D eigenvalue weighted by molar-refractivity contribution is 6.09. The molecule has 0 aromatic heterocycles. The van der Waals surface area contributed by atoms with E-state index in [0.717, 1.165) is 22.4 Å². The smallest absolute Gasteiger partial charge is 0.266 e. The molecule has 0 bridgehead atoms. The van der Waals surface area contributed by atoms with Gasteiger partial charge in [-0.25, -0.2) is 0 Å². The quantitative estimate of drug-likeness (QED) is 0.689. The molecule has 116 valence electrons. The average molecular weight is 306 g/mol. The van der Waals surface area contributed by atoms with Gasteiger partial charge in [0.2, 0.25) is 0 Å². The molecule has 0 radical (unpaired) electrons. The van der Waals surface area contributed by atoms with Crippen LogP contribution in [0.2, 0.25) is 0 Å². The second-order valence-electron chi connectivity index (χ2n) is 5.17. The normalized spacial score (nSPS) is 10.8. The maximum Gasteiger partial charge on any atom is 0.266 e. The van der Waals surface area contributed by atoms with Crippen LogP contribution in [0.3, 0.4) is 0 Å². The molecule has 4 nitrogen and oxygen atoms in total. The Balaban J connectivity index is 2.25. The van der Waals surface area contributed by atoms with Gasteiger partial charge in [-0.05, 0) is 54.8 Å². The lowest BCUT2D eigenvalue weighted by molar-refractivity contribution is -0.112. The molecule has 0 atom stereocenters. The first-order valence-corrected chi connectivity index (χ1v) is 7.18. The lowest BCUT2D eigenvalue weighted by atomic mass is 10.1. The molecular weight excluding hydrogens is 288 g/mol. The fourth-order valence-electron chi connectivity index (χ4n) is 2.21. The maximum absolute atomic E-state index is 12.3. The number of aryl methyl sites for hydroxylation is 2. The Morgan fingerprint density at radius 2 is 1.91 bits per heavy atom. The van der Waals surface area contributed by atoms with Crippen LogP contribution in [0.4, 0.5) is 5.69 Å². The first-order chi connectivity index (χ1) is 11.0. The Labute approximate surface area is 136 Å². The van der Waals surface area contributed by atoms with Crippen molar-refractivity contribution in [2.75, 3.05) is 12.4 Å². The Bertz CT molecular complexity index is 801. The van der Waals surface area contributed by atoms with Crippen LogP contribution in [-0.4, -0.2) is 13.0 Å². The van der Waals surface area contributed by atoms with Gasteiger partial charge in [0.15, 0.2) is 0 Å². The van der Waals surface area contributed by atoms with Gasteiger partial charge >= 0.3 is 0 Å². The zero-order chi connectivity index (χ0) is 16.8. The number of para-hydroxylation sites is 1. The SMILES string of the molecule is COc1ccc(/C=C(\C#N)C(=O)Nc2ccccc2C)cc1C. The van der Waals surface area contributed by atoms with Crippen LogP contribution in [0, 0.1) is 25.2 Å². The van der Waals surface area contributed by atoms with Gasteiger partial charge in [0.1, 0.15) is 17.4 Å². The summed E-state index contributed by atoms with van der Waals surface area (Å²) >= 11 is 0. The van der Waals surface area contributed by atoms with E-state index < -0.39 is 5.91 Å². The summed E-state index contributed by atoms with van der Waals surface area (Å²) in [6, 6.07) is 14.9. The zero-order valence-corrected chi connectivity index (χ0v) is 13.4. The predicted octanol–water partition coefficient (Wildman–Crippen LogP) is 3.86. The lowest BCUT2D eigenvalue weighted by Crippen LogP contribution is -2.14. The lowest BCUT2D eigenvalue weighted by Gasteiger charge is -2.08. The Morgan fingerprint density at radius 3 is 2.52 bits per heavy atom. The standard InChI is InChI=1S/C19H18N2O2/c1-13-6-4-5-7-17(13)21-19(22)16(12-20)11-15-8-9-18(23-3)14(2)10-15/h4-11H,1-3H3,(H,21,22)/b16-11+. The molecule has 4 heteroatoms. The van der Waals surface area contributed by atoms with Crippen molar-refractivity contribution in [1.29, 1.82) is 5.26 Å². The minimum atomic E-state index is -0.421. The van der Waals surface area contributed by atoms with Gasteiger partial charge in [-0.2, -0.15) is 5.26 Å². The third-order valence-electron chi connectivity index (χ3n) is 3.49. The zero-order valence-electron chi connectivity index (χ0n) is 13.4. The van der Waals surface area contributed by atoms with E-state index in [4.69, 9.17) is 4.74 Å². The molecule has 2 aromatic carbocycles. The molecule has 0 spiro atoms. The summed E-state index contributed by atoms with van der Waals surface area (Å²) in [6.07, 6.45) is 1.57. The number of nitriles is 1. The molecule has 0 aliphatic carbocycles. The van der Waals surface area contributed by atoms with E-state index in [2.05, 4.69) is 5.32 Å². The number of carbonyl (C=O) groups excluding carboxylic acids is 1. The summed E-state index contributed by atoms with van der Waals surface area (Å²) in [5, 5.41) is 12.0. The Morgan fingerprint density at radius 1 is 1.17 bits per heavy atom. The minimum Gasteiger partial charge on any atom is -0.496 e. The van der Waals surface area contributed by atoms with Crippen LogP contribution >= 0.6 is 0 Å². The number of amides is 1. The number of methoxy groups -OCH3 is 1. The first-order valence-electron chi connectivity index (χ1n) is 7.18. The van der Waals surface area contributed by atoms with Gasteiger partial charge in [0, 0.05) is 5.69 Å². The van der Waals surface area contributed by atoms with Gasteiger partial charge in [0.05, 0.1) is 7.11 Å². The van der Waals surface area contributed by atoms with Crippen molar-refractivity contribution in [2.24, 2.45) is 0 Å². The molecule has 0 heterocycles. The number of hydrogen-bond acceptors (Lipinski definition) is 3. The molecule has 1 N–H and O–H groups in total. The number of carbonyl (C=O) groups is 1. The van der Waals surface area contributed by atoms with Crippen molar-refractivity contribution in [3.05, 3.63) is 64.7 Å². The molecule has 0 unspecified atom stereocenters. The van der Waals surface area contributed by atoms with Crippen molar-refractivity contribution >= 4 is 17.7 Å². The monoisotopic (exact) mass is 306 g/mol. The number of nitrogens with zero attached hydrogens (tertiary/aromatic N) is 1. The second-order valence-corrected chi connectivity index (χ2v) is 5.17. The number of benzene rings is 2. The van der Waals surface area contributed by atoms with Crippen LogP contribution in [0.25, 0.3) is 6.08 Å². The molecule has 2 rings (SSSR count). The second kappa shape index (κ2) is 7.28. The summed E-state index contributed by atoms with van der Waals surface area (Å²) in [7, 11) is 1.61. The number of rotatable bonds is 4. The molecule has 0 fully saturated rings. The average Bonchev–Trinajstić information content (AvgIpc) is 2.54. The Hall–Kier alpha value is -3.06. The highest BCUT2D eigenvalue weighted by atomic mass is 16.5. The molecule has 2 aromatic rings. The molecule has 0 aliphatic rings. The summed E-state index contributed by atoms with van der Waals surface area (Å²) < 4.78 is 5.21. The third kappa shape index (κ3) is 3.98. The van der Waals surface area contributed by atoms with Crippen LogP contribution in [0.1, 0.15) is 16.7 Å². The fourth-order valence-corrected chi connectivity index (χ4v) is 2.21. The summed E-state index contributed by atoms with van der Waals surface area (Å²) in [6.45, 7) is 3.81. The van der Waals surface area contributed by atoms with E-state index in [1.165, 1.54) is 0 Å². The largest absolute Gasteiger partial charge is 0.496 e. The van der Waals surface area contributed by atoms with Crippen molar-refractivity contribution in [1.82, 2.24) is 0 Å². The van der Waals surface area contributed by atoms with Crippen LogP contribution in [0.15, 0.2) is 48.0 Å². The molecule has 1 amide bonds. The summed E-state index contributed by atoms with van der Waals surface area (Å²) in [5.41, 5.74) is 3.42. The highest BCUT2D eigenvalue weighted by Crippen LogP contribution is 2.20. The van der Waals surface area contributed by atoms with Crippen LogP contribution < -0.4 is 10.1 Å². The number of nitrogens with one attached hydrogen (secondary N) is 1. The van der Waals surface area contributed by atoms with E-state index in [1.54, 1.807) is 19.3 Å². The van der Waals surface area contributed by atoms with Gasteiger partial charge in [-0.15, -0.1) is 0 Å². The molecule has 0 aliphatic heterocycles. The van der Waals surface area contributed by atoms with Gasteiger partial charge < -0.3 is 10.1 Å². The first kappa shape index (κ1) is 16.3. The van der Waals surface area contributed by atoms with E-state index >= 15 is 0 Å². The van der Waals surface area contributed by atoms with Crippen molar-refractivity contribution in [3.63, 3.8) is 0 Å². The molecular formula is C19H18N2O2. The van der Waals surface area contributed by atoms with Crippen molar-refractivity contribution in [3.8, 4) is 11.8 Å². The van der Waals surface area contributed by atoms with E-state index in [0.29, 0.717) is 5.69 Å². The topological polar surface area (TPSA) is 62.1 Å². The van der Waals surface area contributed by atoms with Crippen molar-refractivity contribution in [2.45, 2.75) is 13.8 Å². The van der Waals surface area contributed by atoms with E-state index in [9.17, 15) is 10.1 Å². The van der Waals surface area contributed by atoms with Gasteiger partial charge in [0.25, 0.3) is 5.91 Å². The summed E-state index contributed by atoms with van der Waals surface area (Å²) in [4.78, 5) is 12.3. The number of hydrogen-bond donors (Lipinski definition) is 1. The molecule has 0 saturated carbocycles. The number of anilines is 1. The molecule has 0 saturated heterocycles. The number of ether oxygens (including phenoxy) is 1. The Kier molecular flexibility index (Phi) is 5.16. The van der Waals surface area contributed by atoms with Gasteiger partial charge in [-0.1, -0.05) is 24.3 Å². The van der Waals surface area contributed by atoms with Crippen molar-refractivity contribution < 1.29 is 9.53 Å². The maximum atomic E-state index is 12.3. The van der Waals surface area contributed by atoms with E-state index in [1.807, 2.05) is 56.3 Å². The highest BCUT2D eigenvalue weighted by Gasteiger charge is 2.11. The summed E-state index contributed by atoms with van der Waals surface area (Å²) in [5.74, 6) is 0.347. The minimum absolute atomic E-state index is 0.0535. The van der Waals surface area contributed by atoms with Crippen LogP contribution in [0.5, 0.6) is 5.75 Å². The van der Waals surface area contributed by atoms with E-state index in [-0.39, 0.29) is 5.57 Å². The fraction of sp³-hybridized carbons (Fsp3) is 0.158. The third-order valence-corrected chi connectivity index (χ3v) is 3.49. The van der Waals surface area contributed by atoms with Crippen LogP contribution in [-0.2, 0) is 4.79 Å². The predicted molar refractivity (Wildman–Crippen MR) is 91.1 cm³/mol.